The zero-order chi connectivity index (χ0) is 45.4. The normalized spacial score (nSPS) is 12.7. The molecular formula is C64H46N2O2. The molecule has 0 aliphatic carbocycles. The average Bonchev–Trinajstić information content (AvgIpc) is 4.03. The molecule has 324 valence electrons. The number of ether oxygens (including phenoxy) is 1. The summed E-state index contributed by atoms with van der Waals surface area (Å²) in [5.74, 6) is 1.97. The van der Waals surface area contributed by atoms with E-state index in [9.17, 15) is 0 Å². The standard InChI is InChI=1S/C64H46N2O2/c1-44(63-43-51-14-8-10-24-61(51)67-63)45-26-34-54(35-27-45)65(52-17-4-2-5-18-52)55-36-28-46(29-37-55)49-15-12-16-50(42-49)47-30-38-56(39-31-47)66(53-19-6-3-7-20-53)57-40-32-48(33-41-57)58-22-13-23-60-59-21-9-11-25-62(59)68-64(58)60/h2-42H,43H2,1H3/b63-44-. The van der Waals surface area contributed by atoms with Gasteiger partial charge in [-0.2, -0.15) is 0 Å². The second kappa shape index (κ2) is 17.5. The van der Waals surface area contributed by atoms with Crippen LogP contribution in [0.3, 0.4) is 0 Å². The molecule has 0 bridgehead atoms. The van der Waals surface area contributed by atoms with Gasteiger partial charge < -0.3 is 19.0 Å². The lowest BCUT2D eigenvalue weighted by Crippen LogP contribution is -2.09. The zero-order valence-electron chi connectivity index (χ0n) is 37.6. The van der Waals surface area contributed by atoms with Gasteiger partial charge in [-0.1, -0.05) is 158 Å². The molecule has 12 rings (SSSR count). The van der Waals surface area contributed by atoms with E-state index in [1.54, 1.807) is 0 Å². The van der Waals surface area contributed by atoms with E-state index in [0.717, 1.165) is 119 Å². The third-order valence-electron chi connectivity index (χ3n) is 13.2. The number of anilines is 6. The summed E-state index contributed by atoms with van der Waals surface area (Å²) in [4.78, 5) is 4.62. The second-order valence-electron chi connectivity index (χ2n) is 17.3. The molecule has 1 aliphatic heterocycles. The Bertz CT molecular complexity index is 3570. The predicted molar refractivity (Wildman–Crippen MR) is 283 cm³/mol. The molecular weight excluding hydrogens is 829 g/mol. The Morgan fingerprint density at radius 3 is 1.44 bits per heavy atom. The smallest absolute Gasteiger partial charge is 0.143 e. The highest BCUT2D eigenvalue weighted by Gasteiger charge is 2.21. The number of furan rings is 1. The van der Waals surface area contributed by atoms with Gasteiger partial charge in [-0.25, -0.2) is 0 Å². The lowest BCUT2D eigenvalue weighted by molar-refractivity contribution is 0.448. The number of allylic oxidation sites excluding steroid dienone is 2. The fourth-order valence-electron chi connectivity index (χ4n) is 9.62. The summed E-state index contributed by atoms with van der Waals surface area (Å²) >= 11 is 0. The monoisotopic (exact) mass is 874 g/mol. The molecule has 68 heavy (non-hydrogen) atoms. The highest BCUT2D eigenvalue weighted by atomic mass is 16.5. The lowest BCUT2D eigenvalue weighted by Gasteiger charge is -2.26. The SMILES string of the molecule is C/C(=C1\Cc2ccccc2O1)c1ccc(N(c2ccccc2)c2ccc(-c3cccc(-c4ccc(N(c5ccccc5)c5ccc(-c6cccc7c6oc6ccccc67)cc5)cc4)c3)cc2)cc1. The van der Waals surface area contributed by atoms with Gasteiger partial charge in [-0.05, 0) is 137 Å². The summed E-state index contributed by atoms with van der Waals surface area (Å²) in [5.41, 5.74) is 18.7. The van der Waals surface area contributed by atoms with Crippen molar-refractivity contribution in [3.05, 3.63) is 266 Å². The van der Waals surface area contributed by atoms with Crippen LogP contribution in [0.2, 0.25) is 0 Å². The van der Waals surface area contributed by atoms with Gasteiger partial charge in [0.05, 0.1) is 0 Å². The molecule has 1 aromatic heterocycles. The molecule has 0 atom stereocenters. The van der Waals surface area contributed by atoms with Crippen molar-refractivity contribution in [2.24, 2.45) is 0 Å². The summed E-state index contributed by atoms with van der Waals surface area (Å²) in [6.45, 7) is 2.15. The highest BCUT2D eigenvalue weighted by Crippen LogP contribution is 2.41. The molecule has 0 saturated carbocycles. The van der Waals surface area contributed by atoms with Crippen LogP contribution in [0.1, 0.15) is 18.1 Å². The summed E-state index contributed by atoms with van der Waals surface area (Å²) in [7, 11) is 0. The number of benzene rings is 10. The Labute approximate surface area is 396 Å². The second-order valence-corrected chi connectivity index (χ2v) is 17.3. The molecule has 0 fully saturated rings. The molecule has 11 aromatic rings. The van der Waals surface area contributed by atoms with Gasteiger partial charge in [0.2, 0.25) is 0 Å². The fourth-order valence-corrected chi connectivity index (χ4v) is 9.62. The first-order chi connectivity index (χ1) is 33.6. The number of rotatable bonds is 10. The van der Waals surface area contributed by atoms with Crippen molar-refractivity contribution in [2.75, 3.05) is 9.80 Å². The van der Waals surface area contributed by atoms with E-state index in [4.69, 9.17) is 9.15 Å². The van der Waals surface area contributed by atoms with E-state index >= 15 is 0 Å². The minimum absolute atomic E-state index is 0.815. The maximum absolute atomic E-state index is 6.39. The Morgan fingerprint density at radius 2 is 0.853 bits per heavy atom. The van der Waals surface area contributed by atoms with Gasteiger partial charge in [-0.3, -0.25) is 0 Å². The molecule has 0 saturated heterocycles. The molecule has 0 radical (unpaired) electrons. The number of nitrogens with zero attached hydrogens (tertiary/aromatic N) is 2. The number of hydrogen-bond acceptors (Lipinski definition) is 4. The first-order valence-electron chi connectivity index (χ1n) is 23.2. The topological polar surface area (TPSA) is 28.9 Å². The molecule has 0 unspecified atom stereocenters. The molecule has 0 spiro atoms. The minimum Gasteiger partial charge on any atom is -0.461 e. The van der Waals surface area contributed by atoms with Crippen molar-refractivity contribution in [3.8, 4) is 39.1 Å². The fraction of sp³-hybridized carbons (Fsp3) is 0.0312. The molecule has 1 aliphatic rings. The molecule has 10 aromatic carbocycles. The highest BCUT2D eigenvalue weighted by molar-refractivity contribution is 6.09. The van der Waals surface area contributed by atoms with Crippen LogP contribution in [-0.4, -0.2) is 0 Å². The van der Waals surface area contributed by atoms with Crippen LogP contribution >= 0.6 is 0 Å². The Hall–Kier alpha value is -8.86. The van der Waals surface area contributed by atoms with Gasteiger partial charge in [0, 0.05) is 62.4 Å². The van der Waals surface area contributed by atoms with Crippen molar-refractivity contribution in [2.45, 2.75) is 13.3 Å². The van der Waals surface area contributed by atoms with Crippen LogP contribution in [0.4, 0.5) is 34.1 Å². The molecule has 0 N–H and O–H groups in total. The quantitative estimate of drug-likeness (QED) is 0.137. The van der Waals surface area contributed by atoms with Crippen molar-refractivity contribution < 1.29 is 9.15 Å². The third-order valence-corrected chi connectivity index (χ3v) is 13.2. The predicted octanol–water partition coefficient (Wildman–Crippen LogP) is 17.9. The first kappa shape index (κ1) is 40.6. The Kier molecular flexibility index (Phi) is 10.5. The van der Waals surface area contributed by atoms with Gasteiger partial charge in [0.15, 0.2) is 0 Å². The average molecular weight is 875 g/mol. The summed E-state index contributed by atoms with van der Waals surface area (Å²) in [6.07, 6.45) is 0.815. The summed E-state index contributed by atoms with van der Waals surface area (Å²) in [6, 6.07) is 88.3. The molecule has 2 heterocycles. The minimum atomic E-state index is 0.815. The van der Waals surface area contributed by atoms with Crippen molar-refractivity contribution in [3.63, 3.8) is 0 Å². The number of para-hydroxylation sites is 5. The van der Waals surface area contributed by atoms with Crippen LogP contribution in [-0.2, 0) is 6.42 Å². The van der Waals surface area contributed by atoms with Crippen LogP contribution in [0, 0.1) is 0 Å². The van der Waals surface area contributed by atoms with E-state index in [0.29, 0.717) is 0 Å². The molecule has 4 nitrogen and oxygen atoms in total. The van der Waals surface area contributed by atoms with Gasteiger partial charge in [0.1, 0.15) is 22.7 Å². The maximum Gasteiger partial charge on any atom is 0.143 e. The zero-order valence-corrected chi connectivity index (χ0v) is 37.6. The van der Waals surface area contributed by atoms with Crippen molar-refractivity contribution >= 4 is 61.6 Å². The largest absolute Gasteiger partial charge is 0.461 e. The maximum atomic E-state index is 6.39. The number of fused-ring (bicyclic) bond motifs is 4. The van der Waals surface area contributed by atoms with E-state index in [2.05, 4.69) is 241 Å². The molecule has 4 heteroatoms. The third kappa shape index (κ3) is 7.68. The van der Waals surface area contributed by atoms with E-state index in [1.165, 1.54) is 5.56 Å². The van der Waals surface area contributed by atoms with Crippen LogP contribution in [0.5, 0.6) is 5.75 Å². The van der Waals surface area contributed by atoms with Gasteiger partial charge in [0.25, 0.3) is 0 Å². The summed E-state index contributed by atoms with van der Waals surface area (Å²) in [5, 5.41) is 2.27. The van der Waals surface area contributed by atoms with Crippen LogP contribution in [0.25, 0.3) is 60.9 Å². The van der Waals surface area contributed by atoms with Gasteiger partial charge >= 0.3 is 0 Å². The van der Waals surface area contributed by atoms with E-state index < -0.39 is 0 Å². The van der Waals surface area contributed by atoms with Crippen LogP contribution < -0.4 is 14.5 Å². The lowest BCUT2D eigenvalue weighted by atomic mass is 9.98. The number of hydrogen-bond donors (Lipinski definition) is 0. The van der Waals surface area contributed by atoms with E-state index in [-0.39, 0.29) is 0 Å². The van der Waals surface area contributed by atoms with Gasteiger partial charge in [-0.15, -0.1) is 0 Å². The Balaban J connectivity index is 0.801. The van der Waals surface area contributed by atoms with Crippen molar-refractivity contribution in [1.82, 2.24) is 0 Å². The summed E-state index contributed by atoms with van der Waals surface area (Å²) < 4.78 is 12.6. The first-order valence-corrected chi connectivity index (χ1v) is 23.2. The van der Waals surface area contributed by atoms with Crippen molar-refractivity contribution in [1.29, 1.82) is 0 Å². The Morgan fingerprint density at radius 1 is 0.382 bits per heavy atom. The van der Waals surface area contributed by atoms with Crippen LogP contribution in [0.15, 0.2) is 259 Å². The van der Waals surface area contributed by atoms with E-state index in [1.807, 2.05) is 24.3 Å². The molecule has 0 amide bonds.